The summed E-state index contributed by atoms with van der Waals surface area (Å²) in [5.41, 5.74) is 4.97. The van der Waals surface area contributed by atoms with Crippen LogP contribution in [0.2, 0.25) is 0 Å². The number of rotatable bonds is 16. The molecule has 5 N–H and O–H groups in total. The molecular weight excluding hydrogens is 422 g/mol. The Kier molecular flexibility index (Phi) is 70.2. The molecule has 29 heavy (non-hydrogen) atoms. The van der Waals surface area contributed by atoms with Crippen molar-refractivity contribution in [1.29, 1.82) is 0 Å². The number of aliphatic hydroxyl groups is 3. The predicted molar refractivity (Wildman–Crippen MR) is 108 cm³/mol. The largest absolute Gasteiger partial charge is 0.394 e. The number of nitrogens with two attached hydrogens (primary N) is 1. The molecule has 0 aromatic carbocycles. The van der Waals surface area contributed by atoms with E-state index in [1.165, 1.54) is 0 Å². The maximum absolute atomic E-state index is 8.20. The van der Waals surface area contributed by atoms with Crippen molar-refractivity contribution in [1.82, 2.24) is 0 Å². The molecular formula is C18H44NO9Ti-. The van der Waals surface area contributed by atoms with E-state index in [-0.39, 0.29) is 41.5 Å². The van der Waals surface area contributed by atoms with Crippen LogP contribution in [0.3, 0.4) is 0 Å². The van der Waals surface area contributed by atoms with Crippen molar-refractivity contribution in [3.8, 4) is 0 Å². The molecule has 0 aromatic rings. The van der Waals surface area contributed by atoms with E-state index in [1.807, 2.05) is 0 Å². The second-order valence-corrected chi connectivity index (χ2v) is 4.63. The molecule has 0 aliphatic rings. The van der Waals surface area contributed by atoms with Crippen LogP contribution in [0.5, 0.6) is 0 Å². The number of hydrogen-bond donors (Lipinski definition) is 4. The maximum Gasteiger partial charge on any atom is 0.0701 e. The molecule has 0 radical (unpaired) electrons. The van der Waals surface area contributed by atoms with Gasteiger partial charge in [-0.15, -0.1) is 0 Å². The number of hydrogen-bond acceptors (Lipinski definition) is 10. The minimum Gasteiger partial charge on any atom is -0.394 e. The van der Waals surface area contributed by atoms with Crippen molar-refractivity contribution >= 4 is 0 Å². The molecule has 0 unspecified atom stereocenters. The second kappa shape index (κ2) is 51.2. The van der Waals surface area contributed by atoms with Crippen LogP contribution >= 0.6 is 0 Å². The summed E-state index contributed by atoms with van der Waals surface area (Å²) in [5, 5.41) is 24.6. The number of methoxy groups -OCH3 is 3. The normalized spacial score (nSPS) is 9.10. The van der Waals surface area contributed by atoms with E-state index in [1.54, 1.807) is 21.3 Å². The fourth-order valence-electron chi connectivity index (χ4n) is 0.927. The summed E-state index contributed by atoms with van der Waals surface area (Å²) >= 11 is 0. The van der Waals surface area contributed by atoms with E-state index < -0.39 is 0 Å². The van der Waals surface area contributed by atoms with Crippen LogP contribution in [0.1, 0.15) is 6.42 Å². The third-order valence-corrected chi connectivity index (χ3v) is 2.21. The van der Waals surface area contributed by atoms with Crippen LogP contribution in [0.25, 0.3) is 0 Å². The molecule has 0 bridgehead atoms. The third kappa shape index (κ3) is 73.7. The van der Waals surface area contributed by atoms with Crippen LogP contribution in [0.15, 0.2) is 0 Å². The molecule has 0 aromatic heterocycles. The van der Waals surface area contributed by atoms with Crippen molar-refractivity contribution in [2.24, 2.45) is 5.73 Å². The maximum atomic E-state index is 8.20. The van der Waals surface area contributed by atoms with Gasteiger partial charge in [-0.2, -0.15) is 6.42 Å². The Labute approximate surface area is 191 Å². The van der Waals surface area contributed by atoms with E-state index in [2.05, 4.69) is 21.1 Å². The summed E-state index contributed by atoms with van der Waals surface area (Å²) in [5.74, 6) is 0. The van der Waals surface area contributed by atoms with Gasteiger partial charge in [-0.05, 0) is 6.54 Å². The summed E-state index contributed by atoms with van der Waals surface area (Å²) in [4.78, 5) is 0. The fourth-order valence-corrected chi connectivity index (χ4v) is 0.927. The minimum absolute atomic E-state index is 0. The van der Waals surface area contributed by atoms with Gasteiger partial charge in [0.05, 0.1) is 79.3 Å². The van der Waals surface area contributed by atoms with Gasteiger partial charge in [-0.1, -0.05) is 0 Å². The summed E-state index contributed by atoms with van der Waals surface area (Å²) in [6, 6.07) is 0. The van der Waals surface area contributed by atoms with Gasteiger partial charge >= 0.3 is 0 Å². The van der Waals surface area contributed by atoms with Gasteiger partial charge in [0, 0.05) is 43.0 Å². The number of ether oxygens (including phenoxy) is 6. The molecule has 11 heteroatoms. The zero-order valence-electron chi connectivity index (χ0n) is 18.5. The van der Waals surface area contributed by atoms with Crippen LogP contribution < -0.4 is 5.73 Å². The molecule has 0 fully saturated rings. The first kappa shape index (κ1) is 39.8. The van der Waals surface area contributed by atoms with Crippen LogP contribution in [-0.4, -0.2) is 122 Å². The van der Waals surface area contributed by atoms with Gasteiger partial charge in [-0.3, -0.25) is 0 Å². The van der Waals surface area contributed by atoms with E-state index in [4.69, 9.17) is 35.3 Å². The molecule has 0 saturated heterocycles. The van der Waals surface area contributed by atoms with E-state index in [9.17, 15) is 0 Å². The average molecular weight is 466 g/mol. The van der Waals surface area contributed by atoms with Crippen LogP contribution in [-0.2, 0) is 50.1 Å². The van der Waals surface area contributed by atoms with E-state index in [0.717, 1.165) is 6.42 Å². The third-order valence-electron chi connectivity index (χ3n) is 2.21. The summed E-state index contributed by atoms with van der Waals surface area (Å²) in [6.45, 7) is 9.16. The first-order valence-corrected chi connectivity index (χ1v) is 9.18. The second-order valence-electron chi connectivity index (χ2n) is 4.63. The molecule has 180 valence electrons. The summed E-state index contributed by atoms with van der Waals surface area (Å²) in [6.07, 6.45) is 0.847. The number of aliphatic hydroxyl groups excluding tert-OH is 3. The Hall–Kier alpha value is 0.314. The molecule has 0 amide bonds. The van der Waals surface area contributed by atoms with Crippen molar-refractivity contribution in [3.63, 3.8) is 0 Å². The quantitative estimate of drug-likeness (QED) is 0.128. The van der Waals surface area contributed by atoms with Crippen molar-refractivity contribution < 1.29 is 65.5 Å². The predicted octanol–water partition coefficient (Wildman–Crippen LogP) is -0.908. The average Bonchev–Trinajstić information content (AvgIpc) is 2.73. The zero-order valence-corrected chi connectivity index (χ0v) is 20.0. The SMILES string of the molecule is COCCOCCO.COCCOCCO.COCCOCCO.[CH2-]CCN.[Ti]. The van der Waals surface area contributed by atoms with Gasteiger partial charge in [0.2, 0.25) is 0 Å². The molecule has 10 nitrogen and oxygen atoms in total. The van der Waals surface area contributed by atoms with Gasteiger partial charge < -0.3 is 56.4 Å². The molecule has 0 spiro atoms. The first-order valence-electron chi connectivity index (χ1n) is 9.18. The van der Waals surface area contributed by atoms with Gasteiger partial charge in [-0.25, -0.2) is 0 Å². The smallest absolute Gasteiger partial charge is 0.0701 e. The summed E-state index contributed by atoms with van der Waals surface area (Å²) < 4.78 is 28.6. The van der Waals surface area contributed by atoms with E-state index >= 15 is 0 Å². The van der Waals surface area contributed by atoms with Gasteiger partial charge in [0.15, 0.2) is 0 Å². The molecule has 0 aliphatic carbocycles. The Bertz CT molecular complexity index is 162. The standard InChI is InChI=1S/3C5H12O3.C3H8N.Ti/c3*1-7-4-5-8-3-2-6;1-2-3-4;/h3*6H,2-5H2,1H3;1-4H2;/q;;;-1;. The Morgan fingerprint density at radius 3 is 0.966 bits per heavy atom. The Balaban J connectivity index is -0.0000000896. The molecule has 0 heterocycles. The van der Waals surface area contributed by atoms with Crippen molar-refractivity contribution in [2.45, 2.75) is 6.42 Å². The Morgan fingerprint density at radius 2 is 0.828 bits per heavy atom. The topological polar surface area (TPSA) is 142 Å². The molecule has 0 atom stereocenters. The van der Waals surface area contributed by atoms with E-state index in [0.29, 0.717) is 66.0 Å². The Morgan fingerprint density at radius 1 is 0.586 bits per heavy atom. The van der Waals surface area contributed by atoms with Gasteiger partial charge in [0.25, 0.3) is 0 Å². The van der Waals surface area contributed by atoms with Gasteiger partial charge in [0.1, 0.15) is 0 Å². The molecule has 0 saturated carbocycles. The summed E-state index contributed by atoms with van der Waals surface area (Å²) in [7, 11) is 4.84. The zero-order chi connectivity index (χ0) is 22.1. The van der Waals surface area contributed by atoms with Crippen molar-refractivity contribution in [2.75, 3.05) is 107 Å². The molecule has 0 rings (SSSR count). The van der Waals surface area contributed by atoms with Crippen molar-refractivity contribution in [3.05, 3.63) is 6.92 Å². The van der Waals surface area contributed by atoms with Crippen LogP contribution in [0, 0.1) is 6.92 Å². The minimum atomic E-state index is 0. The fraction of sp³-hybridized carbons (Fsp3) is 0.944. The first-order chi connectivity index (χ1) is 13.7. The molecule has 0 aliphatic heterocycles. The monoisotopic (exact) mass is 466 g/mol. The van der Waals surface area contributed by atoms with Crippen LogP contribution in [0.4, 0.5) is 0 Å².